The van der Waals surface area contributed by atoms with Crippen molar-refractivity contribution < 1.29 is 9.53 Å². The van der Waals surface area contributed by atoms with Gasteiger partial charge in [0.25, 0.3) is 5.91 Å². The third-order valence-electron chi connectivity index (χ3n) is 5.54. The van der Waals surface area contributed by atoms with E-state index in [4.69, 9.17) is 4.74 Å². The van der Waals surface area contributed by atoms with Gasteiger partial charge in [-0.25, -0.2) is 9.67 Å². The number of hydrogen-bond acceptors (Lipinski definition) is 7. The Morgan fingerprint density at radius 3 is 2.38 bits per heavy atom. The van der Waals surface area contributed by atoms with Gasteiger partial charge in [-0.05, 0) is 36.1 Å². The summed E-state index contributed by atoms with van der Waals surface area (Å²) in [6.45, 7) is 11.2. The SMILES string of the molecule is Cc1ccc(OCC(=O)N2CCN(c3ccc(-n4cncn4)nn3)CC2)c(C(C)(C)C)c1. The lowest BCUT2D eigenvalue weighted by molar-refractivity contribution is -0.133. The van der Waals surface area contributed by atoms with Gasteiger partial charge in [0.05, 0.1) is 0 Å². The minimum atomic E-state index is -0.0550. The molecular formula is C23H29N7O2. The zero-order valence-corrected chi connectivity index (χ0v) is 19.0. The van der Waals surface area contributed by atoms with E-state index in [2.05, 4.69) is 58.9 Å². The normalized spacial score (nSPS) is 14.5. The van der Waals surface area contributed by atoms with Crippen LogP contribution < -0.4 is 9.64 Å². The first kappa shape index (κ1) is 21.7. The van der Waals surface area contributed by atoms with Crippen LogP contribution in [0.25, 0.3) is 5.82 Å². The number of rotatable bonds is 5. The lowest BCUT2D eigenvalue weighted by Gasteiger charge is -2.35. The van der Waals surface area contributed by atoms with Crippen LogP contribution in [-0.2, 0) is 10.2 Å². The molecule has 0 radical (unpaired) electrons. The molecule has 32 heavy (non-hydrogen) atoms. The van der Waals surface area contributed by atoms with Crippen molar-refractivity contribution in [2.24, 2.45) is 0 Å². The highest BCUT2D eigenvalue weighted by atomic mass is 16.5. The van der Waals surface area contributed by atoms with Gasteiger partial charge in [0, 0.05) is 26.2 Å². The fourth-order valence-electron chi connectivity index (χ4n) is 3.71. The zero-order valence-electron chi connectivity index (χ0n) is 19.0. The molecule has 0 unspecified atom stereocenters. The Balaban J connectivity index is 1.31. The molecule has 0 N–H and O–H groups in total. The van der Waals surface area contributed by atoms with E-state index in [9.17, 15) is 4.79 Å². The summed E-state index contributed by atoms with van der Waals surface area (Å²) in [6.07, 6.45) is 3.04. The number of nitrogens with zero attached hydrogens (tertiary/aromatic N) is 7. The highest BCUT2D eigenvalue weighted by Crippen LogP contribution is 2.32. The first-order chi connectivity index (χ1) is 15.3. The molecule has 9 nitrogen and oxygen atoms in total. The number of hydrogen-bond donors (Lipinski definition) is 0. The number of carbonyl (C=O) groups is 1. The van der Waals surface area contributed by atoms with Crippen molar-refractivity contribution in [1.29, 1.82) is 0 Å². The van der Waals surface area contributed by atoms with Crippen LogP contribution in [0.15, 0.2) is 43.0 Å². The maximum absolute atomic E-state index is 12.8. The molecule has 9 heteroatoms. The standard InChI is InChI=1S/C23H29N7O2/c1-17-5-6-19(18(13-17)23(2,3)4)32-14-22(31)29-11-9-28(10-12-29)20-7-8-21(27-26-20)30-16-24-15-25-30/h5-8,13,15-16H,9-12,14H2,1-4H3. The Morgan fingerprint density at radius 2 is 1.75 bits per heavy atom. The quantitative estimate of drug-likeness (QED) is 0.608. The predicted octanol–water partition coefficient (Wildman–Crippen LogP) is 2.39. The summed E-state index contributed by atoms with van der Waals surface area (Å²) < 4.78 is 7.52. The average molecular weight is 436 g/mol. The molecule has 1 aromatic carbocycles. The molecule has 0 saturated carbocycles. The summed E-state index contributed by atoms with van der Waals surface area (Å²) >= 11 is 0. The Bertz CT molecular complexity index is 1050. The van der Waals surface area contributed by atoms with E-state index >= 15 is 0 Å². The van der Waals surface area contributed by atoms with Crippen LogP contribution in [0.5, 0.6) is 5.75 Å². The molecule has 1 aliphatic rings. The fourth-order valence-corrected chi connectivity index (χ4v) is 3.71. The maximum Gasteiger partial charge on any atom is 0.260 e. The molecule has 0 bridgehead atoms. The maximum atomic E-state index is 12.8. The second-order valence-corrected chi connectivity index (χ2v) is 9.00. The number of benzene rings is 1. The van der Waals surface area contributed by atoms with E-state index in [1.54, 1.807) is 11.0 Å². The molecule has 1 saturated heterocycles. The second kappa shape index (κ2) is 8.94. The average Bonchev–Trinajstić information content (AvgIpc) is 3.33. The summed E-state index contributed by atoms with van der Waals surface area (Å²) in [5.74, 6) is 2.17. The van der Waals surface area contributed by atoms with Crippen LogP contribution in [-0.4, -0.2) is 68.6 Å². The highest BCUT2D eigenvalue weighted by Gasteiger charge is 2.24. The fraction of sp³-hybridized carbons (Fsp3) is 0.435. The summed E-state index contributed by atoms with van der Waals surface area (Å²) in [5, 5.41) is 12.6. The number of anilines is 1. The Morgan fingerprint density at radius 1 is 1.03 bits per heavy atom. The van der Waals surface area contributed by atoms with Crippen molar-refractivity contribution in [2.45, 2.75) is 33.1 Å². The van der Waals surface area contributed by atoms with E-state index in [-0.39, 0.29) is 17.9 Å². The van der Waals surface area contributed by atoms with Crippen molar-refractivity contribution in [3.63, 3.8) is 0 Å². The topological polar surface area (TPSA) is 89.3 Å². The van der Waals surface area contributed by atoms with E-state index in [0.29, 0.717) is 32.0 Å². The molecule has 1 fully saturated rings. The van der Waals surface area contributed by atoms with E-state index in [1.165, 1.54) is 11.9 Å². The summed E-state index contributed by atoms with van der Waals surface area (Å²) in [7, 11) is 0. The van der Waals surface area contributed by atoms with Crippen LogP contribution in [0.1, 0.15) is 31.9 Å². The molecule has 4 rings (SSSR count). The zero-order chi connectivity index (χ0) is 22.7. The second-order valence-electron chi connectivity index (χ2n) is 9.00. The molecule has 3 aromatic rings. The summed E-state index contributed by atoms with van der Waals surface area (Å²) in [6, 6.07) is 9.88. The van der Waals surface area contributed by atoms with Crippen LogP contribution >= 0.6 is 0 Å². The highest BCUT2D eigenvalue weighted by molar-refractivity contribution is 5.78. The van der Waals surface area contributed by atoms with Crippen molar-refractivity contribution in [3.05, 3.63) is 54.1 Å². The molecule has 1 amide bonds. The molecule has 1 aliphatic heterocycles. The van der Waals surface area contributed by atoms with E-state index in [0.717, 1.165) is 17.1 Å². The van der Waals surface area contributed by atoms with Gasteiger partial charge in [0.2, 0.25) is 0 Å². The molecule has 3 heterocycles. The van der Waals surface area contributed by atoms with E-state index < -0.39 is 0 Å². The van der Waals surface area contributed by atoms with Crippen molar-refractivity contribution in [3.8, 4) is 11.6 Å². The number of piperazine rings is 1. The predicted molar refractivity (Wildman–Crippen MR) is 121 cm³/mol. The molecule has 0 atom stereocenters. The van der Waals surface area contributed by atoms with Gasteiger partial charge >= 0.3 is 0 Å². The summed E-state index contributed by atoms with van der Waals surface area (Å²) in [5.41, 5.74) is 2.24. The van der Waals surface area contributed by atoms with Crippen molar-refractivity contribution in [1.82, 2.24) is 29.9 Å². The minimum Gasteiger partial charge on any atom is -0.483 e. The van der Waals surface area contributed by atoms with Gasteiger partial charge < -0.3 is 14.5 Å². The van der Waals surface area contributed by atoms with E-state index in [1.807, 2.05) is 29.2 Å². The number of amides is 1. The monoisotopic (exact) mass is 435 g/mol. The lowest BCUT2D eigenvalue weighted by Crippen LogP contribution is -2.50. The summed E-state index contributed by atoms with van der Waals surface area (Å²) in [4.78, 5) is 20.6. The van der Waals surface area contributed by atoms with Crippen LogP contribution in [0.3, 0.4) is 0 Å². The van der Waals surface area contributed by atoms with Crippen LogP contribution in [0.4, 0.5) is 5.82 Å². The third-order valence-corrected chi connectivity index (χ3v) is 5.54. The van der Waals surface area contributed by atoms with Gasteiger partial charge in [0.15, 0.2) is 18.2 Å². The largest absolute Gasteiger partial charge is 0.483 e. The van der Waals surface area contributed by atoms with Gasteiger partial charge in [0.1, 0.15) is 18.4 Å². The Kier molecular flexibility index (Phi) is 6.07. The van der Waals surface area contributed by atoms with Crippen molar-refractivity contribution in [2.75, 3.05) is 37.7 Å². The minimum absolute atomic E-state index is 0.00213. The van der Waals surface area contributed by atoms with Gasteiger partial charge in [-0.2, -0.15) is 5.10 Å². The molecular weight excluding hydrogens is 406 g/mol. The molecule has 168 valence electrons. The number of ether oxygens (including phenoxy) is 1. The lowest BCUT2D eigenvalue weighted by atomic mass is 9.85. The first-order valence-electron chi connectivity index (χ1n) is 10.8. The van der Waals surface area contributed by atoms with Gasteiger partial charge in [-0.1, -0.05) is 38.5 Å². The number of aryl methyl sites for hydroxylation is 1. The first-order valence-corrected chi connectivity index (χ1v) is 10.8. The van der Waals surface area contributed by atoms with Gasteiger partial charge in [-0.3, -0.25) is 4.79 Å². The smallest absolute Gasteiger partial charge is 0.260 e. The van der Waals surface area contributed by atoms with Gasteiger partial charge in [-0.15, -0.1) is 10.2 Å². The Hall–Kier alpha value is -3.49. The van der Waals surface area contributed by atoms with Crippen molar-refractivity contribution >= 4 is 11.7 Å². The third kappa shape index (κ3) is 4.87. The van der Waals surface area contributed by atoms with Crippen LogP contribution in [0, 0.1) is 6.92 Å². The molecule has 2 aromatic heterocycles. The Labute approximate surface area is 188 Å². The van der Waals surface area contributed by atoms with Crippen LogP contribution in [0.2, 0.25) is 0 Å². The molecule has 0 aliphatic carbocycles. The molecule has 0 spiro atoms. The number of carbonyl (C=O) groups excluding carboxylic acids is 1. The number of aromatic nitrogens is 5.